The van der Waals surface area contributed by atoms with Crippen LogP contribution in [0.2, 0.25) is 0 Å². The Morgan fingerprint density at radius 2 is 1.95 bits per heavy atom. The molecular formula is C12H17F3N2O3. The molecule has 1 heterocycles. The van der Waals surface area contributed by atoms with Gasteiger partial charge in [0, 0.05) is 11.8 Å². The summed E-state index contributed by atoms with van der Waals surface area (Å²) in [6, 6.07) is 0. The molecule has 5 nitrogen and oxygen atoms in total. The van der Waals surface area contributed by atoms with Gasteiger partial charge in [0.1, 0.15) is 0 Å². The topological polar surface area (TPSA) is 60.2 Å². The lowest BCUT2D eigenvalue weighted by Crippen LogP contribution is -2.38. The maximum absolute atomic E-state index is 12.2. The van der Waals surface area contributed by atoms with E-state index in [0.717, 1.165) is 0 Å². The summed E-state index contributed by atoms with van der Waals surface area (Å²) in [5.74, 6) is -1.01. The third-order valence-electron chi connectivity index (χ3n) is 2.84. The normalized spacial score (nSPS) is 24.2. The average molecular weight is 294 g/mol. The highest BCUT2D eigenvalue weighted by Crippen LogP contribution is 2.32. The summed E-state index contributed by atoms with van der Waals surface area (Å²) in [7, 11) is 0. The fourth-order valence-corrected chi connectivity index (χ4v) is 1.31. The zero-order valence-electron chi connectivity index (χ0n) is 12.0. The molecule has 1 aliphatic rings. The van der Waals surface area contributed by atoms with Crippen LogP contribution in [-0.2, 0) is 14.5 Å². The van der Waals surface area contributed by atoms with Crippen molar-refractivity contribution >= 4 is 17.4 Å². The van der Waals surface area contributed by atoms with E-state index in [9.17, 15) is 18.0 Å². The van der Waals surface area contributed by atoms with Gasteiger partial charge in [0.25, 0.3) is 0 Å². The quantitative estimate of drug-likeness (QED) is 0.447. The third kappa shape index (κ3) is 3.71. The van der Waals surface area contributed by atoms with Crippen molar-refractivity contribution in [3.8, 4) is 0 Å². The minimum atomic E-state index is -4.63. The summed E-state index contributed by atoms with van der Waals surface area (Å²) >= 11 is 0. The predicted molar refractivity (Wildman–Crippen MR) is 66.3 cm³/mol. The maximum atomic E-state index is 12.2. The van der Waals surface area contributed by atoms with E-state index in [1.54, 1.807) is 0 Å². The number of hydrogen-bond donors (Lipinski definition) is 0. The summed E-state index contributed by atoms with van der Waals surface area (Å²) in [5.41, 5.74) is -2.36. The summed E-state index contributed by atoms with van der Waals surface area (Å²) in [6.07, 6.45) is -4.49. The van der Waals surface area contributed by atoms with Crippen LogP contribution < -0.4 is 0 Å². The van der Waals surface area contributed by atoms with Gasteiger partial charge >= 0.3 is 12.1 Å². The minimum absolute atomic E-state index is 0.149. The molecule has 1 unspecified atom stereocenters. The van der Waals surface area contributed by atoms with Crippen LogP contribution in [-0.4, -0.2) is 29.2 Å². The number of alkyl halides is 3. The molecule has 0 radical (unpaired) electrons. The molecule has 0 saturated heterocycles. The standard InChI is InChI=1S/C12H17F3N2O3/c1-7(12(13,14)15)16-19-9(18)11(5)6-8(17-20-11)10(2,3)4/h6H2,1-5H3/b16-7+. The molecule has 0 N–H and O–H groups in total. The van der Waals surface area contributed by atoms with Gasteiger partial charge in [0.2, 0.25) is 5.60 Å². The second-order valence-electron chi connectivity index (χ2n) is 5.84. The zero-order chi connectivity index (χ0) is 15.8. The van der Waals surface area contributed by atoms with Crippen LogP contribution in [0.4, 0.5) is 13.2 Å². The molecule has 114 valence electrons. The van der Waals surface area contributed by atoms with Gasteiger partial charge in [-0.05, 0) is 13.8 Å². The van der Waals surface area contributed by atoms with E-state index >= 15 is 0 Å². The van der Waals surface area contributed by atoms with E-state index in [2.05, 4.69) is 15.1 Å². The van der Waals surface area contributed by atoms with Gasteiger partial charge < -0.3 is 9.68 Å². The fourth-order valence-electron chi connectivity index (χ4n) is 1.31. The van der Waals surface area contributed by atoms with E-state index in [4.69, 9.17) is 4.84 Å². The number of nitrogens with zero attached hydrogens (tertiary/aromatic N) is 2. The highest BCUT2D eigenvalue weighted by molar-refractivity contribution is 5.96. The van der Waals surface area contributed by atoms with Crippen molar-refractivity contribution < 1.29 is 27.6 Å². The average Bonchev–Trinajstić information content (AvgIpc) is 2.68. The number of carbonyl (C=O) groups is 1. The van der Waals surface area contributed by atoms with Crippen molar-refractivity contribution in [1.29, 1.82) is 0 Å². The summed E-state index contributed by atoms with van der Waals surface area (Å²) in [5, 5.41) is 6.59. The van der Waals surface area contributed by atoms with Gasteiger partial charge in [0.15, 0.2) is 5.71 Å². The van der Waals surface area contributed by atoms with E-state index in [0.29, 0.717) is 12.6 Å². The van der Waals surface area contributed by atoms with Crippen molar-refractivity contribution in [3.05, 3.63) is 0 Å². The molecule has 1 aliphatic heterocycles. The lowest BCUT2D eigenvalue weighted by Gasteiger charge is -2.20. The van der Waals surface area contributed by atoms with Gasteiger partial charge in [-0.15, -0.1) is 0 Å². The van der Waals surface area contributed by atoms with Crippen molar-refractivity contribution in [3.63, 3.8) is 0 Å². The van der Waals surface area contributed by atoms with Crippen molar-refractivity contribution in [1.82, 2.24) is 0 Å². The largest absolute Gasteiger partial charge is 0.432 e. The van der Waals surface area contributed by atoms with Crippen LogP contribution >= 0.6 is 0 Å². The van der Waals surface area contributed by atoms with Gasteiger partial charge in [0.05, 0.1) is 5.71 Å². The van der Waals surface area contributed by atoms with Gasteiger partial charge in [-0.3, -0.25) is 0 Å². The predicted octanol–water partition coefficient (Wildman–Crippen LogP) is 3.05. The second-order valence-corrected chi connectivity index (χ2v) is 5.84. The number of carbonyl (C=O) groups excluding carboxylic acids is 1. The van der Waals surface area contributed by atoms with Crippen molar-refractivity contribution in [2.75, 3.05) is 0 Å². The van der Waals surface area contributed by atoms with E-state index in [1.165, 1.54) is 6.92 Å². The minimum Gasteiger partial charge on any atom is -0.377 e. The highest BCUT2D eigenvalue weighted by atomic mass is 19.4. The smallest absolute Gasteiger partial charge is 0.377 e. The molecule has 0 spiro atoms. The monoisotopic (exact) mass is 294 g/mol. The number of rotatable bonds is 2. The molecule has 0 bridgehead atoms. The first kappa shape index (κ1) is 16.5. The van der Waals surface area contributed by atoms with Gasteiger partial charge in [-0.2, -0.15) is 13.2 Å². The molecule has 0 aromatic rings. The molecule has 0 fully saturated rings. The highest BCUT2D eigenvalue weighted by Gasteiger charge is 2.46. The van der Waals surface area contributed by atoms with Crippen molar-refractivity contribution in [2.45, 2.75) is 52.8 Å². The second kappa shape index (κ2) is 5.06. The number of oxime groups is 2. The fraction of sp³-hybridized carbons (Fsp3) is 0.750. The molecule has 8 heteroatoms. The Bertz CT molecular complexity index is 464. The van der Waals surface area contributed by atoms with Crippen LogP contribution in [0.5, 0.6) is 0 Å². The van der Waals surface area contributed by atoms with Crippen LogP contribution in [0.15, 0.2) is 10.3 Å². The molecule has 0 aromatic heterocycles. The molecule has 0 amide bonds. The molecule has 1 rings (SSSR count). The number of halogens is 3. The molecule has 0 saturated carbocycles. The Labute approximate surface area is 114 Å². The zero-order valence-corrected chi connectivity index (χ0v) is 12.0. The van der Waals surface area contributed by atoms with Crippen LogP contribution in [0.1, 0.15) is 41.0 Å². The van der Waals surface area contributed by atoms with Crippen LogP contribution in [0.3, 0.4) is 0 Å². The summed E-state index contributed by atoms with van der Waals surface area (Å²) in [4.78, 5) is 21.1. The van der Waals surface area contributed by atoms with Crippen molar-refractivity contribution in [2.24, 2.45) is 15.7 Å². The first-order valence-electron chi connectivity index (χ1n) is 5.95. The maximum Gasteiger partial charge on any atom is 0.432 e. The molecule has 0 aromatic carbocycles. The summed E-state index contributed by atoms with van der Waals surface area (Å²) in [6.45, 7) is 7.77. The Hall–Kier alpha value is -1.60. The lowest BCUT2D eigenvalue weighted by atomic mass is 9.84. The Balaban J connectivity index is 2.72. The summed E-state index contributed by atoms with van der Waals surface area (Å²) < 4.78 is 36.6. The number of hydrogen-bond acceptors (Lipinski definition) is 5. The van der Waals surface area contributed by atoms with Gasteiger partial charge in [-0.1, -0.05) is 31.1 Å². The molecule has 0 aliphatic carbocycles. The Morgan fingerprint density at radius 3 is 2.35 bits per heavy atom. The lowest BCUT2D eigenvalue weighted by molar-refractivity contribution is -0.167. The SMILES string of the molecule is C/C(=N\OC(=O)C1(C)CC(C(C)(C)C)=NO1)C(F)(F)F. The third-order valence-corrected chi connectivity index (χ3v) is 2.84. The van der Waals surface area contributed by atoms with Crippen LogP contribution in [0, 0.1) is 5.41 Å². The van der Waals surface area contributed by atoms with E-state index < -0.39 is 23.5 Å². The Kier molecular flexibility index (Phi) is 4.17. The van der Waals surface area contributed by atoms with Crippen LogP contribution in [0.25, 0.3) is 0 Å². The van der Waals surface area contributed by atoms with Gasteiger partial charge in [-0.25, -0.2) is 4.79 Å². The van der Waals surface area contributed by atoms with E-state index in [-0.39, 0.29) is 11.8 Å². The molecule has 1 atom stereocenters. The Morgan fingerprint density at radius 1 is 1.40 bits per heavy atom. The molecule has 20 heavy (non-hydrogen) atoms. The first-order valence-corrected chi connectivity index (χ1v) is 5.95. The molecular weight excluding hydrogens is 277 g/mol. The first-order chi connectivity index (χ1) is 8.86. The van der Waals surface area contributed by atoms with E-state index in [1.807, 2.05) is 20.8 Å².